The monoisotopic (exact) mass is 343 g/mol. The van der Waals surface area contributed by atoms with Gasteiger partial charge in [0.25, 0.3) is 5.91 Å². The van der Waals surface area contributed by atoms with E-state index in [2.05, 4.69) is 26.1 Å². The lowest BCUT2D eigenvalue weighted by Crippen LogP contribution is -2.46. The molecule has 1 aromatic rings. The molecule has 110 valence electrons. The second-order valence-corrected chi connectivity index (χ2v) is 5.77. The van der Waals surface area contributed by atoms with E-state index in [1.165, 1.54) is 6.07 Å². The second-order valence-electron chi connectivity index (χ2n) is 4.92. The molecule has 6 heteroatoms. The number of carbonyl (C=O) groups is 1. The van der Waals surface area contributed by atoms with Crippen molar-refractivity contribution in [2.24, 2.45) is 0 Å². The van der Waals surface area contributed by atoms with Crippen LogP contribution < -0.4 is 5.32 Å². The first-order valence-corrected chi connectivity index (χ1v) is 7.51. The smallest absolute Gasteiger partial charge is 0.256 e. The third-order valence-electron chi connectivity index (χ3n) is 3.49. The van der Waals surface area contributed by atoms with Gasteiger partial charge < -0.3 is 10.2 Å². The van der Waals surface area contributed by atoms with E-state index in [1.54, 1.807) is 24.1 Å². The molecule has 1 aromatic carbocycles. The Balaban J connectivity index is 1.92. The minimum absolute atomic E-state index is 0.113. The van der Waals surface area contributed by atoms with Crippen molar-refractivity contribution in [3.63, 3.8) is 0 Å². The van der Waals surface area contributed by atoms with Gasteiger partial charge in [0.05, 0.1) is 10.0 Å². The van der Waals surface area contributed by atoms with Crippen molar-refractivity contribution < 1.29 is 9.18 Å². The molecule has 0 aliphatic carbocycles. The summed E-state index contributed by atoms with van der Waals surface area (Å²) in [6, 6.07) is 4.78. The Morgan fingerprint density at radius 2 is 2.15 bits per heavy atom. The molecule has 0 atom stereocenters. The molecular formula is C14H19BrFN3O. The number of carbonyl (C=O) groups excluding carboxylic acids is 1. The minimum atomic E-state index is -0.494. The number of piperazine rings is 1. The first-order chi connectivity index (χ1) is 9.59. The predicted molar refractivity (Wildman–Crippen MR) is 80.4 cm³/mol. The fourth-order valence-corrected chi connectivity index (χ4v) is 2.57. The standard InChI is InChI=1S/C14H19BrFN3O/c1-18(9-10-19-7-5-17-6-8-19)14(20)11-3-2-4-12(15)13(11)16/h2-4,17H,5-10H2,1H3. The Labute approximate surface area is 127 Å². The lowest BCUT2D eigenvalue weighted by Gasteiger charge is -2.29. The minimum Gasteiger partial charge on any atom is -0.340 e. The van der Waals surface area contributed by atoms with Crippen molar-refractivity contribution >= 4 is 21.8 Å². The van der Waals surface area contributed by atoms with Gasteiger partial charge in [0.2, 0.25) is 0 Å². The molecule has 0 bridgehead atoms. The fourth-order valence-electron chi connectivity index (χ4n) is 2.20. The van der Waals surface area contributed by atoms with Crippen LogP contribution in [0.2, 0.25) is 0 Å². The maximum Gasteiger partial charge on any atom is 0.256 e. The van der Waals surface area contributed by atoms with Crippen LogP contribution in [0.1, 0.15) is 10.4 Å². The van der Waals surface area contributed by atoms with Crippen LogP contribution in [0.15, 0.2) is 22.7 Å². The van der Waals surface area contributed by atoms with Crippen LogP contribution in [0.3, 0.4) is 0 Å². The van der Waals surface area contributed by atoms with Gasteiger partial charge in [-0.3, -0.25) is 9.69 Å². The van der Waals surface area contributed by atoms with Crippen molar-refractivity contribution in [1.29, 1.82) is 0 Å². The molecule has 0 saturated carbocycles. The number of nitrogens with zero attached hydrogens (tertiary/aromatic N) is 2. The van der Waals surface area contributed by atoms with Crippen molar-refractivity contribution in [2.45, 2.75) is 0 Å². The van der Waals surface area contributed by atoms with Crippen LogP contribution in [-0.4, -0.2) is 62.0 Å². The van der Waals surface area contributed by atoms with E-state index in [9.17, 15) is 9.18 Å². The molecule has 0 aromatic heterocycles. The van der Waals surface area contributed by atoms with E-state index in [4.69, 9.17) is 0 Å². The molecule has 0 spiro atoms. The van der Waals surface area contributed by atoms with Crippen LogP contribution in [0.5, 0.6) is 0 Å². The van der Waals surface area contributed by atoms with Gasteiger partial charge in [0.15, 0.2) is 0 Å². The van der Waals surface area contributed by atoms with Crippen molar-refractivity contribution in [1.82, 2.24) is 15.1 Å². The van der Waals surface area contributed by atoms with Gasteiger partial charge >= 0.3 is 0 Å². The van der Waals surface area contributed by atoms with Crippen LogP contribution >= 0.6 is 15.9 Å². The molecule has 0 radical (unpaired) electrons. The second kappa shape index (κ2) is 7.15. The third-order valence-corrected chi connectivity index (χ3v) is 4.10. The average Bonchev–Trinajstić information content (AvgIpc) is 2.48. The Morgan fingerprint density at radius 1 is 1.45 bits per heavy atom. The van der Waals surface area contributed by atoms with Gasteiger partial charge in [-0.1, -0.05) is 6.07 Å². The Kier molecular flexibility index (Phi) is 5.51. The van der Waals surface area contributed by atoms with Gasteiger partial charge in [-0.15, -0.1) is 0 Å². The van der Waals surface area contributed by atoms with Gasteiger partial charge in [0.1, 0.15) is 5.82 Å². The van der Waals surface area contributed by atoms with Crippen LogP contribution in [0, 0.1) is 5.82 Å². The third kappa shape index (κ3) is 3.77. The molecule has 2 rings (SSSR count). The highest BCUT2D eigenvalue weighted by molar-refractivity contribution is 9.10. The Bertz CT molecular complexity index is 477. The molecule has 0 unspecified atom stereocenters. The van der Waals surface area contributed by atoms with E-state index < -0.39 is 5.82 Å². The predicted octanol–water partition coefficient (Wildman–Crippen LogP) is 1.57. The molecule has 20 heavy (non-hydrogen) atoms. The van der Waals surface area contributed by atoms with E-state index in [0.29, 0.717) is 11.0 Å². The summed E-state index contributed by atoms with van der Waals surface area (Å²) in [7, 11) is 1.71. The highest BCUT2D eigenvalue weighted by Crippen LogP contribution is 2.19. The van der Waals surface area contributed by atoms with Crippen LogP contribution in [-0.2, 0) is 0 Å². The maximum absolute atomic E-state index is 13.9. The van der Waals surface area contributed by atoms with Crippen LogP contribution in [0.4, 0.5) is 4.39 Å². The normalized spacial score (nSPS) is 16.1. The molecule has 1 amide bonds. The summed E-state index contributed by atoms with van der Waals surface area (Å²) in [5, 5.41) is 3.29. The molecule has 1 aliphatic rings. The quantitative estimate of drug-likeness (QED) is 0.901. The van der Waals surface area contributed by atoms with Gasteiger partial charge in [-0.2, -0.15) is 0 Å². The first-order valence-electron chi connectivity index (χ1n) is 6.72. The molecule has 1 saturated heterocycles. The van der Waals surface area contributed by atoms with Crippen molar-refractivity contribution in [3.8, 4) is 0 Å². The number of rotatable bonds is 4. The van der Waals surface area contributed by atoms with E-state index in [1.807, 2.05) is 0 Å². The number of hydrogen-bond donors (Lipinski definition) is 1. The topological polar surface area (TPSA) is 35.6 Å². The molecule has 1 aliphatic heterocycles. The number of likely N-dealkylation sites (N-methyl/N-ethyl adjacent to an activating group) is 1. The average molecular weight is 344 g/mol. The van der Waals surface area contributed by atoms with E-state index in [-0.39, 0.29) is 11.5 Å². The summed E-state index contributed by atoms with van der Waals surface area (Å²) >= 11 is 3.10. The number of amides is 1. The zero-order valence-corrected chi connectivity index (χ0v) is 13.1. The molecule has 4 nitrogen and oxygen atoms in total. The maximum atomic E-state index is 13.9. The molecular weight excluding hydrogens is 325 g/mol. The Morgan fingerprint density at radius 3 is 2.85 bits per heavy atom. The molecule has 1 heterocycles. The number of hydrogen-bond acceptors (Lipinski definition) is 3. The highest BCUT2D eigenvalue weighted by Gasteiger charge is 2.18. The number of halogens is 2. The highest BCUT2D eigenvalue weighted by atomic mass is 79.9. The summed E-state index contributed by atoms with van der Waals surface area (Å²) in [5.41, 5.74) is 0.113. The molecule has 1 fully saturated rings. The lowest BCUT2D eigenvalue weighted by atomic mass is 10.2. The summed E-state index contributed by atoms with van der Waals surface area (Å²) in [4.78, 5) is 16.1. The summed E-state index contributed by atoms with van der Waals surface area (Å²) in [6.45, 7) is 5.38. The Hall–Kier alpha value is -0.980. The summed E-state index contributed by atoms with van der Waals surface area (Å²) < 4.78 is 14.2. The zero-order chi connectivity index (χ0) is 14.5. The number of benzene rings is 1. The first kappa shape index (κ1) is 15.4. The largest absolute Gasteiger partial charge is 0.340 e. The van der Waals surface area contributed by atoms with E-state index >= 15 is 0 Å². The fraction of sp³-hybridized carbons (Fsp3) is 0.500. The van der Waals surface area contributed by atoms with Gasteiger partial charge in [-0.25, -0.2) is 4.39 Å². The van der Waals surface area contributed by atoms with Crippen molar-refractivity contribution in [2.75, 3.05) is 46.3 Å². The molecule has 1 N–H and O–H groups in total. The lowest BCUT2D eigenvalue weighted by molar-refractivity contribution is 0.0770. The van der Waals surface area contributed by atoms with Gasteiger partial charge in [0, 0.05) is 46.3 Å². The van der Waals surface area contributed by atoms with Gasteiger partial charge in [-0.05, 0) is 28.1 Å². The zero-order valence-electron chi connectivity index (χ0n) is 11.5. The number of nitrogens with one attached hydrogen (secondary N) is 1. The van der Waals surface area contributed by atoms with Crippen LogP contribution in [0.25, 0.3) is 0 Å². The van der Waals surface area contributed by atoms with E-state index in [0.717, 1.165) is 32.7 Å². The summed E-state index contributed by atoms with van der Waals surface area (Å²) in [5.74, 6) is -0.773. The SMILES string of the molecule is CN(CCN1CCNCC1)C(=O)c1cccc(Br)c1F. The summed E-state index contributed by atoms with van der Waals surface area (Å²) in [6.07, 6.45) is 0. The van der Waals surface area contributed by atoms with Crippen molar-refractivity contribution in [3.05, 3.63) is 34.1 Å².